The molecule has 0 radical (unpaired) electrons. The number of aromatic amines is 1. The van der Waals surface area contributed by atoms with E-state index in [1.54, 1.807) is 13.1 Å². The summed E-state index contributed by atoms with van der Waals surface area (Å²) in [7, 11) is 0. The maximum atomic E-state index is 13.7. The number of carbonyl (C=O) groups is 1. The van der Waals surface area contributed by atoms with Crippen molar-refractivity contribution in [1.29, 1.82) is 0 Å². The summed E-state index contributed by atoms with van der Waals surface area (Å²) >= 11 is 0. The summed E-state index contributed by atoms with van der Waals surface area (Å²) in [5, 5.41) is 1.65. The first kappa shape index (κ1) is 18.2. The molecule has 0 fully saturated rings. The number of esters is 1. The summed E-state index contributed by atoms with van der Waals surface area (Å²) in [5.41, 5.74) is 2.86. The van der Waals surface area contributed by atoms with Gasteiger partial charge in [0.1, 0.15) is 17.1 Å². The Hall–Kier alpha value is -3.22. The molecule has 1 N–H and O–H groups in total. The van der Waals surface area contributed by atoms with Gasteiger partial charge in [-0.2, -0.15) is 0 Å². The number of fused-ring (bicyclic) bond motifs is 2. The van der Waals surface area contributed by atoms with E-state index >= 15 is 0 Å². The van der Waals surface area contributed by atoms with Crippen molar-refractivity contribution in [3.63, 3.8) is 0 Å². The van der Waals surface area contributed by atoms with Gasteiger partial charge in [0.05, 0.1) is 24.4 Å². The van der Waals surface area contributed by atoms with Crippen molar-refractivity contribution in [3.05, 3.63) is 48.7 Å². The quantitative estimate of drug-likeness (QED) is 0.518. The maximum absolute atomic E-state index is 13.7. The first-order valence-corrected chi connectivity index (χ1v) is 9.26. The molecule has 0 aliphatic carbocycles. The third-order valence-corrected chi connectivity index (χ3v) is 5.16. The van der Waals surface area contributed by atoms with Gasteiger partial charge < -0.3 is 14.3 Å². The average molecular weight is 380 g/mol. The van der Waals surface area contributed by atoms with Crippen LogP contribution in [0.3, 0.4) is 0 Å². The van der Waals surface area contributed by atoms with Crippen LogP contribution in [0.15, 0.2) is 42.9 Å². The van der Waals surface area contributed by atoms with Crippen LogP contribution in [0, 0.1) is 11.7 Å². The number of ether oxygens (including phenoxy) is 1. The molecule has 0 saturated carbocycles. The predicted octanol–water partition coefficient (Wildman–Crippen LogP) is 4.48. The predicted molar refractivity (Wildman–Crippen MR) is 105 cm³/mol. The van der Waals surface area contributed by atoms with Crippen LogP contribution < -0.4 is 0 Å². The number of nitrogens with one attached hydrogen (secondary N) is 1. The number of nitrogens with zero attached hydrogens (tertiary/aromatic N) is 3. The topological polar surface area (TPSA) is 72.8 Å². The highest BCUT2D eigenvalue weighted by Gasteiger charge is 2.24. The zero-order valence-corrected chi connectivity index (χ0v) is 15.9. The van der Waals surface area contributed by atoms with E-state index in [0.717, 1.165) is 16.6 Å². The van der Waals surface area contributed by atoms with Crippen molar-refractivity contribution in [3.8, 4) is 11.3 Å². The number of H-pyrrole nitrogens is 1. The number of hydrogen-bond acceptors (Lipinski definition) is 4. The Balaban J connectivity index is 1.78. The van der Waals surface area contributed by atoms with Crippen LogP contribution in [-0.2, 0) is 9.53 Å². The molecular formula is C21H21FN4O2. The number of hydrogen-bond donors (Lipinski definition) is 1. The Morgan fingerprint density at radius 2 is 2.14 bits per heavy atom. The largest absolute Gasteiger partial charge is 0.466 e. The SMILES string of the molecule is CCOC(=O)[C@H](C)[C@@H](C)n1ccc2ccc(-c3c[nH]c4ncc(F)cc34)nc21. The highest BCUT2D eigenvalue weighted by atomic mass is 19.1. The molecule has 0 aromatic carbocycles. The van der Waals surface area contributed by atoms with Crippen LogP contribution in [0.25, 0.3) is 33.3 Å². The molecule has 0 aliphatic rings. The van der Waals surface area contributed by atoms with E-state index in [-0.39, 0.29) is 17.9 Å². The lowest BCUT2D eigenvalue weighted by Gasteiger charge is -2.21. The highest BCUT2D eigenvalue weighted by molar-refractivity contribution is 5.93. The lowest BCUT2D eigenvalue weighted by atomic mass is 10.0. The molecule has 0 aliphatic heterocycles. The number of rotatable bonds is 5. The fourth-order valence-electron chi connectivity index (χ4n) is 3.41. The van der Waals surface area contributed by atoms with Crippen LogP contribution in [-0.4, -0.2) is 32.1 Å². The normalized spacial score (nSPS) is 13.7. The molecule has 4 heterocycles. The van der Waals surface area contributed by atoms with Gasteiger partial charge in [0.2, 0.25) is 0 Å². The van der Waals surface area contributed by atoms with Gasteiger partial charge in [-0.3, -0.25) is 4.79 Å². The Labute approximate surface area is 161 Å². The van der Waals surface area contributed by atoms with Crippen LogP contribution in [0.1, 0.15) is 26.8 Å². The van der Waals surface area contributed by atoms with Crippen LogP contribution in [0.5, 0.6) is 0 Å². The standard InChI is InChI=1S/C21H21FN4O2/c1-4-28-21(27)12(2)13(3)26-8-7-14-5-6-18(25-20(14)26)17-11-24-19-16(17)9-15(22)10-23-19/h5-13H,4H2,1-3H3,(H,23,24)/t12-,13-/m1/s1. The molecule has 4 aromatic heterocycles. The van der Waals surface area contributed by atoms with Gasteiger partial charge in [0.15, 0.2) is 0 Å². The van der Waals surface area contributed by atoms with Crippen molar-refractivity contribution in [2.45, 2.75) is 26.8 Å². The Kier molecular flexibility index (Phi) is 4.58. The van der Waals surface area contributed by atoms with Gasteiger partial charge in [-0.05, 0) is 45.0 Å². The van der Waals surface area contributed by atoms with Crippen LogP contribution in [0.2, 0.25) is 0 Å². The Bertz CT molecular complexity index is 1160. The molecule has 0 bridgehead atoms. The van der Waals surface area contributed by atoms with E-state index < -0.39 is 5.82 Å². The highest BCUT2D eigenvalue weighted by Crippen LogP contribution is 2.30. The minimum atomic E-state index is -0.394. The van der Waals surface area contributed by atoms with Crippen molar-refractivity contribution in [1.82, 2.24) is 19.5 Å². The molecule has 28 heavy (non-hydrogen) atoms. The van der Waals surface area contributed by atoms with Crippen molar-refractivity contribution < 1.29 is 13.9 Å². The van der Waals surface area contributed by atoms with Crippen molar-refractivity contribution in [2.75, 3.05) is 6.61 Å². The fraction of sp³-hybridized carbons (Fsp3) is 0.286. The average Bonchev–Trinajstić information content (AvgIpc) is 3.30. The number of halogens is 1. The van der Waals surface area contributed by atoms with E-state index in [2.05, 4.69) is 9.97 Å². The Morgan fingerprint density at radius 1 is 1.32 bits per heavy atom. The van der Waals surface area contributed by atoms with Gasteiger partial charge in [-0.15, -0.1) is 0 Å². The van der Waals surface area contributed by atoms with Gasteiger partial charge in [-0.1, -0.05) is 0 Å². The summed E-state index contributed by atoms with van der Waals surface area (Å²) in [4.78, 5) is 24.1. The van der Waals surface area contributed by atoms with Crippen molar-refractivity contribution in [2.24, 2.45) is 5.92 Å². The second-order valence-corrected chi connectivity index (χ2v) is 6.87. The van der Waals surface area contributed by atoms with Gasteiger partial charge in [0, 0.05) is 34.8 Å². The molecule has 2 atom stereocenters. The molecule has 0 unspecified atom stereocenters. The zero-order valence-electron chi connectivity index (χ0n) is 15.9. The molecule has 7 heteroatoms. The van der Waals surface area contributed by atoms with Crippen molar-refractivity contribution >= 4 is 28.0 Å². The van der Waals surface area contributed by atoms with Gasteiger partial charge in [-0.25, -0.2) is 14.4 Å². The molecule has 6 nitrogen and oxygen atoms in total. The lowest BCUT2D eigenvalue weighted by Crippen LogP contribution is -2.23. The molecule has 144 valence electrons. The zero-order chi connectivity index (χ0) is 19.8. The van der Waals surface area contributed by atoms with Gasteiger partial charge >= 0.3 is 5.97 Å². The van der Waals surface area contributed by atoms with E-state index in [4.69, 9.17) is 9.72 Å². The molecule has 0 amide bonds. The summed E-state index contributed by atoms with van der Waals surface area (Å²) < 4.78 is 20.8. The summed E-state index contributed by atoms with van der Waals surface area (Å²) in [6.07, 6.45) is 4.89. The van der Waals surface area contributed by atoms with E-state index in [1.165, 1.54) is 12.3 Å². The lowest BCUT2D eigenvalue weighted by molar-refractivity contribution is -0.148. The number of aromatic nitrogens is 4. The minimum Gasteiger partial charge on any atom is -0.466 e. The summed E-state index contributed by atoms with van der Waals surface area (Å²) in [6, 6.07) is 7.17. The second-order valence-electron chi connectivity index (χ2n) is 6.87. The molecule has 0 spiro atoms. The third kappa shape index (κ3) is 3.02. The van der Waals surface area contributed by atoms with E-state index in [0.29, 0.717) is 23.3 Å². The van der Waals surface area contributed by atoms with Crippen LogP contribution >= 0.6 is 0 Å². The second kappa shape index (κ2) is 7.07. The Morgan fingerprint density at radius 3 is 2.93 bits per heavy atom. The summed E-state index contributed by atoms with van der Waals surface area (Å²) in [6.45, 7) is 5.98. The fourth-order valence-corrected chi connectivity index (χ4v) is 3.41. The molecule has 4 rings (SSSR count). The molecular weight excluding hydrogens is 359 g/mol. The minimum absolute atomic E-state index is 0.124. The molecule has 0 saturated heterocycles. The third-order valence-electron chi connectivity index (χ3n) is 5.16. The first-order valence-electron chi connectivity index (χ1n) is 9.26. The van der Waals surface area contributed by atoms with E-state index in [9.17, 15) is 9.18 Å². The number of carbonyl (C=O) groups excluding carboxylic acids is 1. The smallest absolute Gasteiger partial charge is 0.310 e. The van der Waals surface area contributed by atoms with E-state index in [1.807, 2.05) is 42.8 Å². The monoisotopic (exact) mass is 380 g/mol. The molecule has 4 aromatic rings. The van der Waals surface area contributed by atoms with Gasteiger partial charge in [0.25, 0.3) is 0 Å². The number of pyridine rings is 2. The van der Waals surface area contributed by atoms with Crippen LogP contribution in [0.4, 0.5) is 4.39 Å². The summed E-state index contributed by atoms with van der Waals surface area (Å²) in [5.74, 6) is -0.937. The maximum Gasteiger partial charge on any atom is 0.310 e. The first-order chi connectivity index (χ1) is 13.5.